The standard InChI is InChI=1S/C17H21N3O2S/c1-10-13(17(22)19-12(3)18-10)4-5-16(21)20-8-6-15-14(11(20)2)7-9-23-15/h7,9,11H,4-6,8H2,1-3H3,(H,18,19,22)/t11-/m0/s1. The van der Waals surface area contributed by atoms with Crippen molar-refractivity contribution in [3.63, 3.8) is 0 Å². The zero-order chi connectivity index (χ0) is 16.6. The van der Waals surface area contributed by atoms with Gasteiger partial charge in [-0.1, -0.05) is 0 Å². The van der Waals surface area contributed by atoms with Crippen LogP contribution in [0.1, 0.15) is 46.9 Å². The molecule has 0 aliphatic carbocycles. The number of thiophene rings is 1. The number of hydrogen-bond donors (Lipinski definition) is 1. The van der Waals surface area contributed by atoms with Crippen LogP contribution in [0.4, 0.5) is 0 Å². The van der Waals surface area contributed by atoms with Crippen molar-refractivity contribution < 1.29 is 4.79 Å². The monoisotopic (exact) mass is 331 g/mol. The molecule has 0 radical (unpaired) electrons. The summed E-state index contributed by atoms with van der Waals surface area (Å²) in [6, 6.07) is 2.23. The van der Waals surface area contributed by atoms with Crippen LogP contribution in [-0.2, 0) is 17.6 Å². The van der Waals surface area contributed by atoms with E-state index in [1.54, 1.807) is 18.3 Å². The fraction of sp³-hybridized carbons (Fsp3) is 0.471. The number of hydrogen-bond acceptors (Lipinski definition) is 4. The quantitative estimate of drug-likeness (QED) is 0.940. The summed E-state index contributed by atoms with van der Waals surface area (Å²) in [5.74, 6) is 0.714. The summed E-state index contributed by atoms with van der Waals surface area (Å²) in [6.45, 7) is 6.42. The Bertz CT molecular complexity index is 793. The Kier molecular flexibility index (Phi) is 4.35. The lowest BCUT2D eigenvalue weighted by Crippen LogP contribution is -2.38. The number of nitrogens with one attached hydrogen (secondary N) is 1. The summed E-state index contributed by atoms with van der Waals surface area (Å²) in [5.41, 5.74) is 2.46. The Morgan fingerprint density at radius 1 is 1.48 bits per heavy atom. The molecule has 1 N–H and O–H groups in total. The number of carbonyl (C=O) groups is 1. The number of aromatic amines is 1. The highest BCUT2D eigenvalue weighted by Gasteiger charge is 2.28. The number of nitrogens with zero attached hydrogens (tertiary/aromatic N) is 2. The molecular formula is C17H21N3O2S. The maximum Gasteiger partial charge on any atom is 0.254 e. The van der Waals surface area contributed by atoms with E-state index in [1.807, 2.05) is 11.8 Å². The van der Waals surface area contributed by atoms with E-state index in [0.717, 1.165) is 13.0 Å². The van der Waals surface area contributed by atoms with Gasteiger partial charge >= 0.3 is 0 Å². The van der Waals surface area contributed by atoms with E-state index in [0.29, 0.717) is 29.9 Å². The number of aromatic nitrogens is 2. The van der Waals surface area contributed by atoms with Gasteiger partial charge in [0.1, 0.15) is 5.82 Å². The van der Waals surface area contributed by atoms with Crippen LogP contribution in [0, 0.1) is 13.8 Å². The van der Waals surface area contributed by atoms with E-state index in [4.69, 9.17) is 0 Å². The van der Waals surface area contributed by atoms with E-state index in [9.17, 15) is 9.59 Å². The number of aryl methyl sites for hydroxylation is 2. The highest BCUT2D eigenvalue weighted by atomic mass is 32.1. The molecule has 1 amide bonds. The highest BCUT2D eigenvalue weighted by molar-refractivity contribution is 7.10. The van der Waals surface area contributed by atoms with Gasteiger partial charge in [-0.2, -0.15) is 0 Å². The smallest absolute Gasteiger partial charge is 0.254 e. The summed E-state index contributed by atoms with van der Waals surface area (Å²) < 4.78 is 0. The molecule has 0 bridgehead atoms. The summed E-state index contributed by atoms with van der Waals surface area (Å²) in [6.07, 6.45) is 1.71. The van der Waals surface area contributed by atoms with Gasteiger partial charge in [0.05, 0.1) is 6.04 Å². The van der Waals surface area contributed by atoms with Crippen LogP contribution in [0.15, 0.2) is 16.2 Å². The van der Waals surface area contributed by atoms with Gasteiger partial charge in [-0.05, 0) is 50.6 Å². The van der Waals surface area contributed by atoms with Gasteiger partial charge in [0.25, 0.3) is 5.56 Å². The molecule has 0 aromatic carbocycles. The maximum absolute atomic E-state index is 12.6. The summed E-state index contributed by atoms with van der Waals surface area (Å²) in [5, 5.41) is 2.09. The number of carbonyl (C=O) groups excluding carboxylic acids is 1. The molecule has 6 heteroatoms. The number of fused-ring (bicyclic) bond motifs is 1. The van der Waals surface area contributed by atoms with Crippen molar-refractivity contribution in [2.75, 3.05) is 6.54 Å². The molecule has 0 saturated carbocycles. The molecule has 1 aliphatic rings. The largest absolute Gasteiger partial charge is 0.336 e. The Labute approximate surface area is 139 Å². The Hall–Kier alpha value is -1.95. The lowest BCUT2D eigenvalue weighted by molar-refractivity contribution is -0.133. The first kappa shape index (κ1) is 15.9. The van der Waals surface area contributed by atoms with Crippen molar-refractivity contribution in [1.82, 2.24) is 14.9 Å². The van der Waals surface area contributed by atoms with Gasteiger partial charge in [-0.15, -0.1) is 11.3 Å². The van der Waals surface area contributed by atoms with Gasteiger partial charge in [0.2, 0.25) is 5.91 Å². The predicted octanol–water partition coefficient (Wildman–Crippen LogP) is 2.53. The van der Waals surface area contributed by atoms with Gasteiger partial charge in [0, 0.05) is 29.1 Å². The van der Waals surface area contributed by atoms with Crippen molar-refractivity contribution in [2.24, 2.45) is 0 Å². The molecule has 0 unspecified atom stereocenters. The fourth-order valence-corrected chi connectivity index (χ4v) is 4.23. The lowest BCUT2D eigenvalue weighted by atomic mass is 10.0. The zero-order valence-corrected chi connectivity index (χ0v) is 14.5. The van der Waals surface area contributed by atoms with E-state index in [-0.39, 0.29) is 17.5 Å². The first-order valence-electron chi connectivity index (χ1n) is 7.89. The van der Waals surface area contributed by atoms with Crippen molar-refractivity contribution in [3.8, 4) is 0 Å². The minimum atomic E-state index is -0.130. The SMILES string of the molecule is Cc1nc(C)c(CCC(=O)N2CCc3sccc3[C@@H]2C)c(=O)[nH]1. The molecule has 3 rings (SSSR count). The van der Waals surface area contributed by atoms with Gasteiger partial charge < -0.3 is 9.88 Å². The minimum Gasteiger partial charge on any atom is -0.336 e. The molecule has 1 atom stereocenters. The Balaban J connectivity index is 1.70. The lowest BCUT2D eigenvalue weighted by Gasteiger charge is -2.33. The van der Waals surface area contributed by atoms with Crippen LogP contribution in [0.25, 0.3) is 0 Å². The predicted molar refractivity (Wildman–Crippen MR) is 90.8 cm³/mol. The first-order valence-corrected chi connectivity index (χ1v) is 8.77. The highest BCUT2D eigenvalue weighted by Crippen LogP contribution is 2.33. The van der Waals surface area contributed by atoms with E-state index in [1.165, 1.54) is 10.4 Å². The fourth-order valence-electron chi connectivity index (χ4n) is 3.27. The molecule has 5 nitrogen and oxygen atoms in total. The second kappa shape index (κ2) is 6.28. The molecule has 2 aromatic heterocycles. The second-order valence-electron chi connectivity index (χ2n) is 6.03. The van der Waals surface area contributed by atoms with Gasteiger partial charge in [-0.3, -0.25) is 9.59 Å². The van der Waals surface area contributed by atoms with Crippen molar-refractivity contribution in [1.29, 1.82) is 0 Å². The number of amides is 1. The molecular weight excluding hydrogens is 310 g/mol. The number of H-pyrrole nitrogens is 1. The van der Waals surface area contributed by atoms with Gasteiger partial charge in [0.15, 0.2) is 0 Å². The molecule has 0 saturated heterocycles. The third kappa shape index (κ3) is 3.08. The second-order valence-corrected chi connectivity index (χ2v) is 7.03. The van der Waals surface area contributed by atoms with Crippen LogP contribution in [0.3, 0.4) is 0 Å². The molecule has 2 aromatic rings. The van der Waals surface area contributed by atoms with Crippen LogP contribution in [0.2, 0.25) is 0 Å². The van der Waals surface area contributed by atoms with E-state index >= 15 is 0 Å². The average molecular weight is 331 g/mol. The van der Waals surface area contributed by atoms with Gasteiger partial charge in [-0.25, -0.2) is 4.98 Å². The third-order valence-electron chi connectivity index (χ3n) is 4.53. The van der Waals surface area contributed by atoms with E-state index in [2.05, 4.69) is 28.3 Å². The molecule has 3 heterocycles. The third-order valence-corrected chi connectivity index (χ3v) is 5.52. The molecule has 122 valence electrons. The molecule has 23 heavy (non-hydrogen) atoms. The normalized spacial score (nSPS) is 17.2. The molecule has 0 spiro atoms. The van der Waals surface area contributed by atoms with Crippen molar-refractivity contribution in [3.05, 3.63) is 49.3 Å². The van der Waals surface area contributed by atoms with Crippen LogP contribution in [0.5, 0.6) is 0 Å². The maximum atomic E-state index is 12.6. The van der Waals surface area contributed by atoms with Crippen molar-refractivity contribution >= 4 is 17.2 Å². The van der Waals surface area contributed by atoms with Crippen molar-refractivity contribution in [2.45, 2.75) is 46.1 Å². The molecule has 0 fully saturated rings. The minimum absolute atomic E-state index is 0.105. The Morgan fingerprint density at radius 3 is 3.00 bits per heavy atom. The Morgan fingerprint density at radius 2 is 2.26 bits per heavy atom. The number of rotatable bonds is 3. The van der Waals surface area contributed by atoms with E-state index < -0.39 is 0 Å². The van der Waals surface area contributed by atoms with Crippen LogP contribution in [-0.4, -0.2) is 27.3 Å². The topological polar surface area (TPSA) is 66.1 Å². The summed E-state index contributed by atoms with van der Waals surface area (Å²) in [7, 11) is 0. The van der Waals surface area contributed by atoms with Crippen LogP contribution < -0.4 is 5.56 Å². The molecule has 1 aliphatic heterocycles. The average Bonchev–Trinajstić information content (AvgIpc) is 2.95. The van der Waals surface area contributed by atoms with Crippen LogP contribution >= 0.6 is 11.3 Å². The summed E-state index contributed by atoms with van der Waals surface area (Å²) >= 11 is 1.77. The first-order chi connectivity index (χ1) is 11.0. The summed E-state index contributed by atoms with van der Waals surface area (Å²) in [4.78, 5) is 34.9. The zero-order valence-electron chi connectivity index (χ0n) is 13.7.